The number of esters is 1. The summed E-state index contributed by atoms with van der Waals surface area (Å²) in [5.41, 5.74) is 1.55. The Labute approximate surface area is 175 Å². The van der Waals surface area contributed by atoms with Gasteiger partial charge in [-0.15, -0.1) is 0 Å². The van der Waals surface area contributed by atoms with Crippen molar-refractivity contribution in [3.05, 3.63) is 58.6 Å². The highest BCUT2D eigenvalue weighted by Gasteiger charge is 2.21. The van der Waals surface area contributed by atoms with E-state index in [1.165, 1.54) is 0 Å². The number of carbonyl (C=O) groups excluding carboxylic acids is 2. The van der Waals surface area contributed by atoms with Crippen LogP contribution in [-0.2, 0) is 20.7 Å². The van der Waals surface area contributed by atoms with Gasteiger partial charge in [0.15, 0.2) is 11.5 Å². The van der Waals surface area contributed by atoms with Crippen LogP contribution in [-0.4, -0.2) is 31.7 Å². The van der Waals surface area contributed by atoms with Gasteiger partial charge >= 0.3 is 5.97 Å². The van der Waals surface area contributed by atoms with Crippen LogP contribution in [0.5, 0.6) is 11.5 Å². The lowest BCUT2D eigenvalue weighted by Gasteiger charge is -2.19. The molecule has 3 rings (SSSR count). The van der Waals surface area contributed by atoms with Gasteiger partial charge in [-0.25, -0.2) is 0 Å². The highest BCUT2D eigenvalue weighted by molar-refractivity contribution is 6.32. The van der Waals surface area contributed by atoms with Gasteiger partial charge in [-0.05, 0) is 30.2 Å². The van der Waals surface area contributed by atoms with Crippen LogP contribution in [0, 0.1) is 0 Å². The zero-order valence-corrected chi connectivity index (χ0v) is 17.0. The summed E-state index contributed by atoms with van der Waals surface area (Å²) in [6, 6.07) is 12.4. The quantitative estimate of drug-likeness (QED) is 0.692. The largest absolute Gasteiger partial charge is 0.489 e. The lowest BCUT2D eigenvalue weighted by molar-refractivity contribution is -0.143. The predicted octanol–water partition coefficient (Wildman–Crippen LogP) is 3.85. The summed E-state index contributed by atoms with van der Waals surface area (Å²) in [4.78, 5) is 24.7. The zero-order valence-electron chi connectivity index (χ0n) is 16.3. The van der Waals surface area contributed by atoms with Crippen LogP contribution >= 0.6 is 11.6 Å². The lowest BCUT2D eigenvalue weighted by atomic mass is 10.0. The van der Waals surface area contributed by atoms with Crippen molar-refractivity contribution in [2.45, 2.75) is 32.2 Å². The molecule has 0 aliphatic carbocycles. The molecule has 0 aromatic heterocycles. The number of hydrogen-bond donors (Lipinski definition) is 1. The maximum absolute atomic E-state index is 12.7. The van der Waals surface area contributed by atoms with E-state index in [0.717, 1.165) is 12.0 Å². The van der Waals surface area contributed by atoms with Gasteiger partial charge in [0.2, 0.25) is 5.91 Å². The smallest absolute Gasteiger partial charge is 0.308 e. The van der Waals surface area contributed by atoms with Crippen LogP contribution in [0.2, 0.25) is 5.02 Å². The molecular formula is C22H24ClNO5. The fourth-order valence-corrected chi connectivity index (χ4v) is 3.43. The molecule has 7 heteroatoms. The Morgan fingerprint density at radius 1 is 1.17 bits per heavy atom. The Morgan fingerprint density at radius 2 is 1.93 bits per heavy atom. The van der Waals surface area contributed by atoms with Crippen molar-refractivity contribution in [1.29, 1.82) is 0 Å². The molecule has 1 amide bonds. The summed E-state index contributed by atoms with van der Waals surface area (Å²) >= 11 is 6.31. The maximum atomic E-state index is 12.7. The summed E-state index contributed by atoms with van der Waals surface area (Å²) < 4.78 is 16.3. The summed E-state index contributed by atoms with van der Waals surface area (Å²) in [5.74, 6) is 0.468. The fourth-order valence-electron chi connectivity index (χ4n) is 3.14. The normalized spacial score (nSPS) is 13.9. The number of benzene rings is 2. The Bertz CT molecular complexity index is 856. The molecule has 1 unspecified atom stereocenters. The Hall–Kier alpha value is -2.73. The van der Waals surface area contributed by atoms with Crippen LogP contribution in [0.25, 0.3) is 0 Å². The minimum atomic E-state index is -0.473. The first-order valence-electron chi connectivity index (χ1n) is 9.64. The van der Waals surface area contributed by atoms with Crippen molar-refractivity contribution in [3.63, 3.8) is 0 Å². The molecule has 29 heavy (non-hydrogen) atoms. The molecule has 1 aliphatic heterocycles. The summed E-state index contributed by atoms with van der Waals surface area (Å²) in [7, 11) is 0. The molecule has 2 aromatic carbocycles. The minimum Gasteiger partial charge on any atom is -0.489 e. The Morgan fingerprint density at radius 3 is 2.69 bits per heavy atom. The Balaban J connectivity index is 1.72. The maximum Gasteiger partial charge on any atom is 0.308 e. The molecule has 2 aromatic rings. The molecular weight excluding hydrogens is 394 g/mol. The molecule has 0 spiro atoms. The van der Waals surface area contributed by atoms with Crippen molar-refractivity contribution >= 4 is 23.5 Å². The van der Waals surface area contributed by atoms with Gasteiger partial charge in [-0.2, -0.15) is 0 Å². The van der Waals surface area contributed by atoms with Gasteiger partial charge in [-0.1, -0.05) is 41.9 Å². The van der Waals surface area contributed by atoms with Crippen molar-refractivity contribution in [3.8, 4) is 11.5 Å². The number of halogens is 1. The van der Waals surface area contributed by atoms with Crippen molar-refractivity contribution < 1.29 is 23.8 Å². The second-order valence-corrected chi connectivity index (χ2v) is 7.08. The lowest BCUT2D eigenvalue weighted by Crippen LogP contribution is -2.31. The Kier molecular flexibility index (Phi) is 7.36. The van der Waals surface area contributed by atoms with E-state index in [4.69, 9.17) is 25.8 Å². The van der Waals surface area contributed by atoms with E-state index in [1.54, 1.807) is 19.1 Å². The first kappa shape index (κ1) is 21.0. The molecule has 1 aliphatic rings. The van der Waals surface area contributed by atoms with E-state index in [-0.39, 0.29) is 24.7 Å². The molecule has 1 heterocycles. The third kappa shape index (κ3) is 5.87. The van der Waals surface area contributed by atoms with E-state index in [2.05, 4.69) is 5.32 Å². The molecule has 154 valence electrons. The van der Waals surface area contributed by atoms with Gasteiger partial charge < -0.3 is 19.5 Å². The highest BCUT2D eigenvalue weighted by Crippen LogP contribution is 2.38. The second kappa shape index (κ2) is 10.2. The number of rotatable bonds is 7. The SMILES string of the molecule is CCOC(=O)CC(NC(=O)Cc1cc(Cl)c2c(c1)OCCCO2)c1ccccc1. The first-order valence-corrected chi connectivity index (χ1v) is 10.0. The van der Waals surface area contributed by atoms with Gasteiger partial charge in [0, 0.05) is 6.42 Å². The van der Waals surface area contributed by atoms with E-state index in [1.807, 2.05) is 30.3 Å². The molecule has 0 radical (unpaired) electrons. The van der Waals surface area contributed by atoms with Gasteiger partial charge in [0.25, 0.3) is 0 Å². The third-order valence-electron chi connectivity index (χ3n) is 4.44. The van der Waals surface area contributed by atoms with Crippen LogP contribution < -0.4 is 14.8 Å². The molecule has 0 bridgehead atoms. The standard InChI is InChI=1S/C22H24ClNO5/c1-2-27-21(26)14-18(16-7-4-3-5-8-16)24-20(25)13-15-11-17(23)22-19(12-15)28-9-6-10-29-22/h3-5,7-8,11-12,18H,2,6,9-10,13-14H2,1H3,(H,24,25). The van der Waals surface area contributed by atoms with Crippen LogP contribution in [0.15, 0.2) is 42.5 Å². The summed E-state index contributed by atoms with van der Waals surface area (Å²) in [5, 5.41) is 3.34. The molecule has 0 saturated carbocycles. The molecule has 0 fully saturated rings. The average molecular weight is 418 g/mol. The topological polar surface area (TPSA) is 73.9 Å². The number of ether oxygens (including phenoxy) is 3. The predicted molar refractivity (Wildman–Crippen MR) is 109 cm³/mol. The van der Waals surface area contributed by atoms with E-state index >= 15 is 0 Å². The zero-order chi connectivity index (χ0) is 20.6. The molecule has 6 nitrogen and oxygen atoms in total. The van der Waals surface area contributed by atoms with Crippen LogP contribution in [0.3, 0.4) is 0 Å². The number of amides is 1. The van der Waals surface area contributed by atoms with Crippen molar-refractivity contribution in [2.75, 3.05) is 19.8 Å². The van der Waals surface area contributed by atoms with Crippen LogP contribution in [0.4, 0.5) is 0 Å². The summed E-state index contributed by atoms with van der Waals surface area (Å²) in [6.45, 7) is 3.12. The molecule has 0 saturated heterocycles. The van der Waals surface area contributed by atoms with Gasteiger partial charge in [-0.3, -0.25) is 9.59 Å². The fraction of sp³-hybridized carbons (Fsp3) is 0.364. The number of hydrogen-bond acceptors (Lipinski definition) is 5. The monoisotopic (exact) mass is 417 g/mol. The van der Waals surface area contributed by atoms with Crippen LogP contribution in [0.1, 0.15) is 36.9 Å². The summed E-state index contributed by atoms with van der Waals surface area (Å²) in [6.07, 6.45) is 0.932. The first-order chi connectivity index (χ1) is 14.1. The third-order valence-corrected chi connectivity index (χ3v) is 4.72. The molecule has 1 atom stereocenters. The van der Waals surface area contributed by atoms with E-state index in [9.17, 15) is 9.59 Å². The minimum absolute atomic E-state index is 0.0610. The highest BCUT2D eigenvalue weighted by atomic mass is 35.5. The van der Waals surface area contributed by atoms with Crippen molar-refractivity contribution in [2.24, 2.45) is 0 Å². The number of fused-ring (bicyclic) bond motifs is 1. The second-order valence-electron chi connectivity index (χ2n) is 6.67. The van der Waals surface area contributed by atoms with Gasteiger partial charge in [0.05, 0.1) is 43.7 Å². The van der Waals surface area contributed by atoms with Crippen molar-refractivity contribution in [1.82, 2.24) is 5.32 Å². The number of carbonyl (C=O) groups is 2. The number of nitrogens with one attached hydrogen (secondary N) is 1. The van der Waals surface area contributed by atoms with Gasteiger partial charge in [0.1, 0.15) is 0 Å². The average Bonchev–Trinajstić information content (AvgIpc) is 2.94. The van der Waals surface area contributed by atoms with E-state index < -0.39 is 6.04 Å². The van der Waals surface area contributed by atoms with E-state index in [0.29, 0.717) is 41.9 Å². The molecule has 1 N–H and O–H groups in total.